The molecule has 1 aliphatic heterocycles. The van der Waals surface area contributed by atoms with Crippen LogP contribution in [0.2, 0.25) is 0 Å². The number of hydrogen-bond donors (Lipinski definition) is 2. The highest BCUT2D eigenvalue weighted by atomic mass is 32.2. The second-order valence-electron chi connectivity index (χ2n) is 7.05. The lowest BCUT2D eigenvalue weighted by Crippen LogP contribution is -2.30. The summed E-state index contributed by atoms with van der Waals surface area (Å²) in [6.07, 6.45) is -0.311. The Bertz CT molecular complexity index is 1000. The standard InChI is InChI=1S/C19H21FN4O3S/c1-9-4-12(5-10(2)13(9)20)6-28-18-14-17(21-7-22-18)24(8-23-14)19-16(26)15(25)11(3)27-19/h4-5,7-8,11,15-16,19,25-26H,6H2,1-3H3/t11-,15-,16-,19-/m1/s1. The fourth-order valence-electron chi connectivity index (χ4n) is 3.45. The number of fused-ring (bicyclic) bond motifs is 1. The number of rotatable bonds is 4. The summed E-state index contributed by atoms with van der Waals surface area (Å²) in [6.45, 7) is 5.21. The average Bonchev–Trinajstić information content (AvgIpc) is 3.21. The Balaban J connectivity index is 1.61. The van der Waals surface area contributed by atoms with Gasteiger partial charge in [0.1, 0.15) is 34.9 Å². The van der Waals surface area contributed by atoms with E-state index in [0.29, 0.717) is 33.1 Å². The van der Waals surface area contributed by atoms with Crippen LogP contribution in [0.3, 0.4) is 0 Å². The normalized spacial score (nSPS) is 24.9. The van der Waals surface area contributed by atoms with E-state index in [9.17, 15) is 14.6 Å². The zero-order chi connectivity index (χ0) is 20.0. The molecular weight excluding hydrogens is 383 g/mol. The maximum atomic E-state index is 13.8. The quantitative estimate of drug-likeness (QED) is 0.510. The van der Waals surface area contributed by atoms with Crippen molar-refractivity contribution in [2.75, 3.05) is 0 Å². The molecule has 9 heteroatoms. The lowest BCUT2D eigenvalue weighted by atomic mass is 10.1. The van der Waals surface area contributed by atoms with Gasteiger partial charge >= 0.3 is 0 Å². The monoisotopic (exact) mass is 404 g/mol. The molecule has 28 heavy (non-hydrogen) atoms. The van der Waals surface area contributed by atoms with Gasteiger partial charge in [-0.3, -0.25) is 4.57 Å². The maximum absolute atomic E-state index is 13.8. The van der Waals surface area contributed by atoms with Crippen LogP contribution in [0.15, 0.2) is 29.8 Å². The number of aryl methyl sites for hydroxylation is 2. The molecule has 0 aliphatic carbocycles. The molecule has 3 aromatic rings. The number of aliphatic hydroxyl groups excluding tert-OH is 2. The predicted molar refractivity (Wildman–Crippen MR) is 102 cm³/mol. The number of aliphatic hydroxyl groups is 2. The molecule has 2 aromatic heterocycles. The average molecular weight is 404 g/mol. The van der Waals surface area contributed by atoms with Gasteiger partial charge in [-0.25, -0.2) is 19.3 Å². The lowest BCUT2D eigenvalue weighted by molar-refractivity contribution is -0.0299. The molecule has 1 fully saturated rings. The van der Waals surface area contributed by atoms with E-state index in [1.54, 1.807) is 25.3 Å². The summed E-state index contributed by atoms with van der Waals surface area (Å²) >= 11 is 1.48. The predicted octanol–water partition coefficient (Wildman–Crippen LogP) is 2.51. The van der Waals surface area contributed by atoms with E-state index in [2.05, 4.69) is 15.0 Å². The van der Waals surface area contributed by atoms with Gasteiger partial charge in [0.05, 0.1) is 12.4 Å². The van der Waals surface area contributed by atoms with E-state index >= 15 is 0 Å². The van der Waals surface area contributed by atoms with E-state index in [1.165, 1.54) is 24.4 Å². The van der Waals surface area contributed by atoms with Gasteiger partial charge in [-0.1, -0.05) is 23.9 Å². The highest BCUT2D eigenvalue weighted by molar-refractivity contribution is 7.98. The summed E-state index contributed by atoms with van der Waals surface area (Å²) < 4.78 is 21.1. The molecule has 0 spiro atoms. The van der Waals surface area contributed by atoms with E-state index in [4.69, 9.17) is 4.74 Å². The Morgan fingerprint density at radius 1 is 1.14 bits per heavy atom. The molecule has 0 amide bonds. The fraction of sp³-hybridized carbons (Fsp3) is 0.421. The molecular formula is C19H21FN4O3S. The molecule has 1 saturated heterocycles. The van der Waals surface area contributed by atoms with Gasteiger partial charge in [-0.2, -0.15) is 0 Å². The van der Waals surface area contributed by atoms with Gasteiger partial charge in [-0.05, 0) is 37.5 Å². The van der Waals surface area contributed by atoms with Crippen LogP contribution in [0.4, 0.5) is 4.39 Å². The van der Waals surface area contributed by atoms with Crippen molar-refractivity contribution in [1.82, 2.24) is 19.5 Å². The second kappa shape index (κ2) is 7.40. The van der Waals surface area contributed by atoms with Gasteiger partial charge in [0.15, 0.2) is 11.9 Å². The molecule has 2 N–H and O–H groups in total. The summed E-state index contributed by atoms with van der Waals surface area (Å²) in [5, 5.41) is 20.9. The largest absolute Gasteiger partial charge is 0.388 e. The number of thioether (sulfide) groups is 1. The number of halogens is 1. The number of nitrogens with zero attached hydrogens (tertiary/aromatic N) is 4. The highest BCUT2D eigenvalue weighted by Crippen LogP contribution is 2.33. The highest BCUT2D eigenvalue weighted by Gasteiger charge is 2.42. The molecule has 0 radical (unpaired) electrons. The number of aromatic nitrogens is 4. The topological polar surface area (TPSA) is 93.3 Å². The van der Waals surface area contributed by atoms with Crippen LogP contribution in [-0.2, 0) is 10.5 Å². The van der Waals surface area contributed by atoms with Gasteiger partial charge in [0, 0.05) is 5.75 Å². The van der Waals surface area contributed by atoms with Gasteiger partial charge in [0.25, 0.3) is 0 Å². The van der Waals surface area contributed by atoms with Crippen LogP contribution in [-0.4, -0.2) is 48.0 Å². The zero-order valence-electron chi connectivity index (χ0n) is 15.7. The van der Waals surface area contributed by atoms with Crippen LogP contribution < -0.4 is 0 Å². The second-order valence-corrected chi connectivity index (χ2v) is 8.01. The first-order chi connectivity index (χ1) is 13.4. The van der Waals surface area contributed by atoms with Gasteiger partial charge < -0.3 is 14.9 Å². The van der Waals surface area contributed by atoms with Crippen molar-refractivity contribution in [3.8, 4) is 0 Å². The Kier molecular flexibility index (Phi) is 5.09. The molecule has 148 valence electrons. The summed E-state index contributed by atoms with van der Waals surface area (Å²) in [5.41, 5.74) is 3.35. The number of imidazole rings is 1. The first kappa shape index (κ1) is 19.3. The van der Waals surface area contributed by atoms with Crippen molar-refractivity contribution in [2.45, 2.75) is 56.1 Å². The van der Waals surface area contributed by atoms with Crippen LogP contribution in [0.25, 0.3) is 11.2 Å². The fourth-order valence-corrected chi connectivity index (χ4v) is 4.32. The number of benzene rings is 1. The third-order valence-corrected chi connectivity index (χ3v) is 6.00. The van der Waals surface area contributed by atoms with Crippen molar-refractivity contribution >= 4 is 22.9 Å². The molecule has 0 bridgehead atoms. The Morgan fingerprint density at radius 2 is 1.86 bits per heavy atom. The van der Waals surface area contributed by atoms with Crippen molar-refractivity contribution < 1.29 is 19.3 Å². The Morgan fingerprint density at radius 3 is 2.50 bits per heavy atom. The number of hydrogen-bond acceptors (Lipinski definition) is 7. The molecule has 4 atom stereocenters. The minimum atomic E-state index is -1.07. The summed E-state index contributed by atoms with van der Waals surface area (Å²) in [6, 6.07) is 3.66. The van der Waals surface area contributed by atoms with E-state index in [-0.39, 0.29) is 5.82 Å². The molecule has 4 rings (SSSR count). The van der Waals surface area contributed by atoms with E-state index in [1.807, 2.05) is 12.1 Å². The van der Waals surface area contributed by atoms with Crippen molar-refractivity contribution in [2.24, 2.45) is 0 Å². The third kappa shape index (κ3) is 3.28. The SMILES string of the molecule is Cc1cc(CSc2ncnc3c2ncn3[C@@H]2O[C@H](C)[C@@H](O)[C@H]2O)cc(C)c1F. The maximum Gasteiger partial charge on any atom is 0.166 e. The van der Waals surface area contributed by atoms with E-state index < -0.39 is 24.5 Å². The van der Waals surface area contributed by atoms with Crippen LogP contribution in [0.5, 0.6) is 0 Å². The first-order valence-electron chi connectivity index (χ1n) is 8.94. The molecule has 0 unspecified atom stereocenters. The summed E-state index contributed by atoms with van der Waals surface area (Å²) in [4.78, 5) is 13.0. The molecule has 3 heterocycles. The Labute approximate surface area is 165 Å². The first-order valence-corrected chi connectivity index (χ1v) is 9.93. The van der Waals surface area contributed by atoms with Crippen molar-refractivity contribution in [3.05, 3.63) is 47.3 Å². The smallest absolute Gasteiger partial charge is 0.166 e. The van der Waals surface area contributed by atoms with Crippen LogP contribution in [0.1, 0.15) is 29.8 Å². The zero-order valence-corrected chi connectivity index (χ0v) is 16.5. The van der Waals surface area contributed by atoms with E-state index in [0.717, 1.165) is 5.56 Å². The minimum Gasteiger partial charge on any atom is -0.388 e. The number of ether oxygens (including phenoxy) is 1. The molecule has 7 nitrogen and oxygen atoms in total. The third-order valence-electron chi connectivity index (χ3n) is 4.95. The van der Waals surface area contributed by atoms with Crippen LogP contribution >= 0.6 is 11.8 Å². The molecule has 1 aromatic carbocycles. The summed E-state index contributed by atoms with van der Waals surface area (Å²) in [7, 11) is 0. The molecule has 1 aliphatic rings. The van der Waals surface area contributed by atoms with Crippen molar-refractivity contribution in [1.29, 1.82) is 0 Å². The van der Waals surface area contributed by atoms with Gasteiger partial charge in [0.2, 0.25) is 0 Å². The molecule has 0 saturated carbocycles. The summed E-state index contributed by atoms with van der Waals surface area (Å²) in [5.74, 6) is 0.433. The minimum absolute atomic E-state index is 0.177. The van der Waals surface area contributed by atoms with Crippen LogP contribution in [0, 0.1) is 19.7 Å². The Hall–Kier alpha value is -2.07. The van der Waals surface area contributed by atoms with Gasteiger partial charge in [-0.15, -0.1) is 0 Å². The lowest BCUT2D eigenvalue weighted by Gasteiger charge is -2.16. The van der Waals surface area contributed by atoms with Crippen molar-refractivity contribution in [3.63, 3.8) is 0 Å².